The van der Waals surface area contributed by atoms with Crippen LogP contribution in [0.4, 0.5) is 0 Å². The van der Waals surface area contributed by atoms with Gasteiger partial charge >= 0.3 is 0 Å². The third kappa shape index (κ3) is 3.95. The summed E-state index contributed by atoms with van der Waals surface area (Å²) in [6, 6.07) is 6.36. The first-order chi connectivity index (χ1) is 10.7. The molecule has 1 aliphatic carbocycles. The number of rotatable bonds is 7. The summed E-state index contributed by atoms with van der Waals surface area (Å²) in [6.07, 6.45) is 5.32. The lowest BCUT2D eigenvalue weighted by molar-refractivity contribution is 0.218. The highest BCUT2D eigenvalue weighted by molar-refractivity contribution is 5.44. The van der Waals surface area contributed by atoms with E-state index in [0.717, 1.165) is 17.4 Å². The largest absolute Gasteiger partial charge is 0.490 e. The second kappa shape index (κ2) is 8.42. The Hall–Kier alpha value is -1.22. The molecule has 1 fully saturated rings. The maximum Gasteiger partial charge on any atom is 0.161 e. The lowest BCUT2D eigenvalue weighted by Gasteiger charge is -2.35. The van der Waals surface area contributed by atoms with Gasteiger partial charge < -0.3 is 15.2 Å². The van der Waals surface area contributed by atoms with Gasteiger partial charge in [0.2, 0.25) is 0 Å². The first-order valence-electron chi connectivity index (χ1n) is 8.80. The van der Waals surface area contributed by atoms with Crippen molar-refractivity contribution in [2.75, 3.05) is 19.8 Å². The van der Waals surface area contributed by atoms with Gasteiger partial charge in [0.15, 0.2) is 11.5 Å². The number of benzene rings is 1. The van der Waals surface area contributed by atoms with Crippen molar-refractivity contribution < 1.29 is 9.47 Å². The van der Waals surface area contributed by atoms with E-state index in [9.17, 15) is 0 Å². The third-order valence-electron chi connectivity index (χ3n) is 4.94. The Kier molecular flexibility index (Phi) is 6.56. The van der Waals surface area contributed by atoms with Gasteiger partial charge in [0.05, 0.1) is 13.2 Å². The molecule has 1 saturated carbocycles. The summed E-state index contributed by atoms with van der Waals surface area (Å²) in [7, 11) is 0. The van der Waals surface area contributed by atoms with Crippen LogP contribution in [0.25, 0.3) is 0 Å². The van der Waals surface area contributed by atoms with Gasteiger partial charge in [0, 0.05) is 0 Å². The van der Waals surface area contributed by atoms with Gasteiger partial charge in [-0.25, -0.2) is 0 Å². The number of hydrogen-bond donors (Lipinski definition) is 1. The molecule has 1 aromatic carbocycles. The maximum atomic E-state index is 6.15. The molecule has 0 bridgehead atoms. The quantitative estimate of drug-likeness (QED) is 0.814. The zero-order valence-electron chi connectivity index (χ0n) is 14.3. The molecule has 3 nitrogen and oxygen atoms in total. The first-order valence-corrected chi connectivity index (χ1v) is 8.80. The van der Waals surface area contributed by atoms with Crippen LogP contribution in [0.5, 0.6) is 11.5 Å². The van der Waals surface area contributed by atoms with E-state index in [1.807, 2.05) is 19.9 Å². The van der Waals surface area contributed by atoms with Crippen molar-refractivity contribution >= 4 is 0 Å². The summed E-state index contributed by atoms with van der Waals surface area (Å²) in [5.74, 6) is 3.55. The molecule has 3 atom stereocenters. The summed E-state index contributed by atoms with van der Waals surface area (Å²) >= 11 is 0. The van der Waals surface area contributed by atoms with Crippen molar-refractivity contribution in [2.24, 2.45) is 17.6 Å². The monoisotopic (exact) mass is 305 g/mol. The Morgan fingerprint density at radius 1 is 1.09 bits per heavy atom. The molecule has 3 heteroatoms. The Balaban J connectivity index is 2.26. The molecule has 0 saturated heterocycles. The second-order valence-corrected chi connectivity index (χ2v) is 6.34. The summed E-state index contributed by atoms with van der Waals surface area (Å²) < 4.78 is 11.4. The highest BCUT2D eigenvalue weighted by Gasteiger charge is 2.29. The molecule has 3 unspecified atom stereocenters. The van der Waals surface area contributed by atoms with Crippen molar-refractivity contribution in [3.05, 3.63) is 23.8 Å². The maximum absolute atomic E-state index is 6.15. The molecule has 0 spiro atoms. The summed E-state index contributed by atoms with van der Waals surface area (Å²) in [6.45, 7) is 8.39. The molecular weight excluding hydrogens is 274 g/mol. The van der Waals surface area contributed by atoms with Crippen LogP contribution in [0.15, 0.2) is 18.2 Å². The summed E-state index contributed by atoms with van der Waals surface area (Å²) in [5, 5.41) is 0. The van der Waals surface area contributed by atoms with E-state index >= 15 is 0 Å². The normalized spacial score (nSPS) is 23.1. The van der Waals surface area contributed by atoms with E-state index in [-0.39, 0.29) is 0 Å². The van der Waals surface area contributed by atoms with Gasteiger partial charge in [0.1, 0.15) is 0 Å². The average Bonchev–Trinajstić information content (AvgIpc) is 2.52. The van der Waals surface area contributed by atoms with Crippen LogP contribution in [0.2, 0.25) is 0 Å². The fourth-order valence-corrected chi connectivity index (χ4v) is 3.80. The van der Waals surface area contributed by atoms with Crippen LogP contribution in [0.3, 0.4) is 0 Å². The second-order valence-electron chi connectivity index (χ2n) is 6.34. The third-order valence-corrected chi connectivity index (χ3v) is 4.94. The van der Waals surface area contributed by atoms with Crippen molar-refractivity contribution in [3.63, 3.8) is 0 Å². The fraction of sp³-hybridized carbons (Fsp3) is 0.684. The van der Waals surface area contributed by atoms with Gasteiger partial charge in [-0.15, -0.1) is 0 Å². The van der Waals surface area contributed by atoms with Gasteiger partial charge in [-0.2, -0.15) is 0 Å². The van der Waals surface area contributed by atoms with E-state index in [1.165, 1.54) is 31.2 Å². The number of hydrogen-bond acceptors (Lipinski definition) is 3. The highest BCUT2D eigenvalue weighted by atomic mass is 16.5. The van der Waals surface area contributed by atoms with Crippen LogP contribution in [0, 0.1) is 11.8 Å². The van der Waals surface area contributed by atoms with E-state index in [2.05, 4.69) is 19.1 Å². The van der Waals surface area contributed by atoms with Crippen LogP contribution < -0.4 is 15.2 Å². The SMILES string of the molecule is CCOc1ccc(C(CN)C2CCCCC2C)cc1OCC. The van der Waals surface area contributed by atoms with Crippen LogP contribution in [-0.4, -0.2) is 19.8 Å². The molecule has 0 amide bonds. The first kappa shape index (κ1) is 17.1. The van der Waals surface area contributed by atoms with Gasteiger partial charge in [-0.1, -0.05) is 32.3 Å². The molecule has 0 aliphatic heterocycles. The van der Waals surface area contributed by atoms with Gasteiger partial charge in [-0.3, -0.25) is 0 Å². The molecule has 22 heavy (non-hydrogen) atoms. The lowest BCUT2D eigenvalue weighted by Crippen LogP contribution is -2.28. The van der Waals surface area contributed by atoms with Crippen molar-refractivity contribution in [1.29, 1.82) is 0 Å². The van der Waals surface area contributed by atoms with E-state index < -0.39 is 0 Å². The molecule has 0 heterocycles. The topological polar surface area (TPSA) is 44.5 Å². The minimum atomic E-state index is 0.421. The molecular formula is C19H31NO2. The lowest BCUT2D eigenvalue weighted by atomic mass is 9.71. The Morgan fingerprint density at radius 2 is 1.77 bits per heavy atom. The molecule has 1 aliphatic rings. The van der Waals surface area contributed by atoms with E-state index in [4.69, 9.17) is 15.2 Å². The molecule has 2 N–H and O–H groups in total. The smallest absolute Gasteiger partial charge is 0.161 e. The van der Waals surface area contributed by atoms with Crippen molar-refractivity contribution in [2.45, 2.75) is 52.4 Å². The van der Waals surface area contributed by atoms with Gasteiger partial charge in [-0.05, 0) is 62.3 Å². The molecule has 124 valence electrons. The van der Waals surface area contributed by atoms with Gasteiger partial charge in [0.25, 0.3) is 0 Å². The Bertz CT molecular complexity index is 461. The van der Waals surface area contributed by atoms with Crippen LogP contribution in [0.1, 0.15) is 57.9 Å². The van der Waals surface area contributed by atoms with Crippen LogP contribution >= 0.6 is 0 Å². The minimum Gasteiger partial charge on any atom is -0.490 e. The minimum absolute atomic E-state index is 0.421. The predicted octanol–water partition coefficient (Wildman–Crippen LogP) is 4.35. The Morgan fingerprint density at radius 3 is 2.41 bits per heavy atom. The zero-order chi connectivity index (χ0) is 15.9. The summed E-state index contributed by atoms with van der Waals surface area (Å²) in [5.41, 5.74) is 7.45. The molecule has 0 aromatic heterocycles. The van der Waals surface area contributed by atoms with Crippen LogP contribution in [-0.2, 0) is 0 Å². The zero-order valence-corrected chi connectivity index (χ0v) is 14.3. The fourth-order valence-electron chi connectivity index (χ4n) is 3.80. The number of nitrogens with two attached hydrogens (primary N) is 1. The molecule has 1 aromatic rings. The van der Waals surface area contributed by atoms with E-state index in [1.54, 1.807) is 0 Å². The van der Waals surface area contributed by atoms with Crippen molar-refractivity contribution in [1.82, 2.24) is 0 Å². The standard InChI is InChI=1S/C19H31NO2/c1-4-21-18-11-10-15(12-19(18)22-5-2)17(13-20)16-9-7-6-8-14(16)3/h10-12,14,16-17H,4-9,13,20H2,1-3H3. The van der Waals surface area contributed by atoms with Crippen molar-refractivity contribution in [3.8, 4) is 11.5 Å². The van der Waals surface area contributed by atoms with E-state index in [0.29, 0.717) is 31.6 Å². The summed E-state index contributed by atoms with van der Waals surface area (Å²) in [4.78, 5) is 0. The predicted molar refractivity (Wildman–Crippen MR) is 91.7 cm³/mol. The number of ether oxygens (including phenoxy) is 2. The molecule has 0 radical (unpaired) electrons. The average molecular weight is 305 g/mol. The highest BCUT2D eigenvalue weighted by Crippen LogP contribution is 2.41. The molecule has 2 rings (SSSR count). The Labute approximate surface area is 135 Å².